The van der Waals surface area contributed by atoms with E-state index in [4.69, 9.17) is 0 Å². The van der Waals surface area contributed by atoms with E-state index in [0.29, 0.717) is 0 Å². The van der Waals surface area contributed by atoms with E-state index in [1.54, 1.807) is 12.1 Å². The average Bonchev–Trinajstić information content (AvgIpc) is 3.27. The van der Waals surface area contributed by atoms with Gasteiger partial charge in [0, 0.05) is 0 Å². The maximum atomic E-state index is 2.66. The van der Waals surface area contributed by atoms with Crippen molar-refractivity contribution in [3.05, 3.63) is 74.1 Å². The fourth-order valence-corrected chi connectivity index (χ4v) is 17.3. The number of hydrogen-bond acceptors (Lipinski definition) is 0. The Morgan fingerprint density at radius 2 is 1.47 bits per heavy atom. The van der Waals surface area contributed by atoms with Crippen LogP contribution in [0.1, 0.15) is 70.2 Å². The Kier molecular flexibility index (Phi) is 5.01. The van der Waals surface area contributed by atoms with Crippen molar-refractivity contribution < 1.29 is 17.4 Å². The molecule has 0 spiro atoms. The fraction of sp³-hybridized carbons (Fsp3) is 0.429. The molecule has 0 radical (unpaired) electrons. The topological polar surface area (TPSA) is 0 Å². The summed E-state index contributed by atoms with van der Waals surface area (Å²) in [6.07, 6.45) is 9.31. The van der Waals surface area contributed by atoms with Gasteiger partial charge in [-0.2, -0.15) is 0 Å². The molecule has 0 aromatic heterocycles. The quantitative estimate of drug-likeness (QED) is 0.350. The first kappa shape index (κ1) is 22.2. The molecule has 0 heterocycles. The second kappa shape index (κ2) is 6.76. The molecular formula is C28H38SiZr. The van der Waals surface area contributed by atoms with Crippen LogP contribution in [0.3, 0.4) is 0 Å². The molecule has 2 aromatic carbocycles. The van der Waals surface area contributed by atoms with Gasteiger partial charge in [0.25, 0.3) is 0 Å². The molecule has 2 aliphatic rings. The Hall–Kier alpha value is -0.980. The van der Waals surface area contributed by atoms with E-state index in [2.05, 4.69) is 106 Å². The molecule has 0 bridgehead atoms. The number of fused-ring (bicyclic) bond motifs is 3. The van der Waals surface area contributed by atoms with Crippen molar-refractivity contribution in [2.75, 3.05) is 0 Å². The van der Waals surface area contributed by atoms with Gasteiger partial charge >= 0.3 is 187 Å². The monoisotopic (exact) mass is 492 g/mol. The van der Waals surface area contributed by atoms with Crippen molar-refractivity contribution in [2.45, 2.75) is 74.5 Å². The van der Waals surface area contributed by atoms with Gasteiger partial charge in [-0.05, 0) is 0 Å². The zero-order valence-corrected chi connectivity index (χ0v) is 24.1. The predicted octanol–water partition coefficient (Wildman–Crippen LogP) is 6.66. The molecule has 0 aliphatic heterocycles. The summed E-state index contributed by atoms with van der Waals surface area (Å²) in [6.45, 7) is 16.4. The summed E-state index contributed by atoms with van der Waals surface area (Å²) in [5.41, 5.74) is 9.40. The first-order chi connectivity index (χ1) is 13.7. The summed E-state index contributed by atoms with van der Waals surface area (Å²) in [7, 11) is 0. The Bertz CT molecular complexity index is 1170. The standard InChI is InChI=1S/C21H25.C5H5.2CH3.H2Si.Zr/c1-20(2,3)16-9-7-14-11-15-8-10-17(21(4,5)6)13-19(15)18(14)12-16;1-2-4-5-3-1;;;;/h7,9-10,12-13H,11H2,1-6H3;1-3H,4H2;2*1H3;1H2;. The predicted molar refractivity (Wildman–Crippen MR) is 134 cm³/mol. The van der Waals surface area contributed by atoms with Crippen LogP contribution < -0.4 is 3.27 Å². The van der Waals surface area contributed by atoms with Crippen LogP contribution in [0.15, 0.2) is 51.8 Å². The van der Waals surface area contributed by atoms with Crippen LogP contribution in [0, 0.1) is 0 Å². The van der Waals surface area contributed by atoms with Gasteiger partial charge in [0.15, 0.2) is 0 Å². The minimum absolute atomic E-state index is 0.151. The first-order valence-corrected chi connectivity index (χ1v) is 24.7. The van der Waals surface area contributed by atoms with Crippen molar-refractivity contribution in [3.8, 4) is 11.1 Å². The molecule has 2 aromatic rings. The second-order valence-electron chi connectivity index (χ2n) is 12.6. The van der Waals surface area contributed by atoms with Crippen LogP contribution in [0.4, 0.5) is 0 Å². The Balaban J connectivity index is 2.02. The van der Waals surface area contributed by atoms with Crippen LogP contribution in [0.2, 0.25) is 9.26 Å². The van der Waals surface area contributed by atoms with Crippen LogP contribution >= 0.6 is 0 Å². The van der Waals surface area contributed by atoms with E-state index in [0.717, 1.165) is 12.8 Å². The van der Waals surface area contributed by atoms with E-state index < -0.39 is 17.4 Å². The van der Waals surface area contributed by atoms with Gasteiger partial charge in [-0.25, -0.2) is 0 Å². The molecule has 0 fully saturated rings. The number of benzene rings is 2. The van der Waals surface area contributed by atoms with E-state index in [9.17, 15) is 0 Å². The zero-order valence-electron chi connectivity index (χ0n) is 20.2. The van der Waals surface area contributed by atoms with Crippen LogP contribution in [0.25, 0.3) is 11.1 Å². The molecule has 4 rings (SSSR count). The molecule has 2 heteroatoms. The molecular weight excluding hydrogens is 456 g/mol. The second-order valence-corrected chi connectivity index (χ2v) is 41.3. The van der Waals surface area contributed by atoms with Gasteiger partial charge in [-0.1, -0.05) is 0 Å². The van der Waals surface area contributed by atoms with Gasteiger partial charge in [0.1, 0.15) is 0 Å². The number of rotatable bonds is 2. The summed E-state index contributed by atoms with van der Waals surface area (Å²) in [4.78, 5) is 0. The number of allylic oxidation sites excluding steroid dienone is 4. The molecule has 158 valence electrons. The molecule has 0 amide bonds. The van der Waals surface area contributed by atoms with Crippen LogP contribution in [-0.2, 0) is 34.6 Å². The molecule has 30 heavy (non-hydrogen) atoms. The van der Waals surface area contributed by atoms with Crippen molar-refractivity contribution in [2.24, 2.45) is 0 Å². The van der Waals surface area contributed by atoms with Gasteiger partial charge < -0.3 is 0 Å². The third-order valence-corrected chi connectivity index (χ3v) is 23.7. The zero-order chi connectivity index (χ0) is 22.1. The van der Waals surface area contributed by atoms with Gasteiger partial charge in [0.05, 0.1) is 0 Å². The third kappa shape index (κ3) is 3.63. The van der Waals surface area contributed by atoms with Gasteiger partial charge in [-0.15, -0.1) is 0 Å². The molecule has 0 N–H and O–H groups in total. The van der Waals surface area contributed by atoms with Gasteiger partial charge in [-0.3, -0.25) is 0 Å². The molecule has 0 unspecified atom stereocenters. The van der Waals surface area contributed by atoms with E-state index in [-0.39, 0.29) is 10.8 Å². The minimum atomic E-state index is -3.25. The summed E-state index contributed by atoms with van der Waals surface area (Å²) >= 11 is -3.25. The summed E-state index contributed by atoms with van der Waals surface area (Å²) in [5, 5.41) is 0. The van der Waals surface area contributed by atoms with Crippen molar-refractivity contribution in [1.29, 1.82) is 0 Å². The van der Waals surface area contributed by atoms with Gasteiger partial charge in [0.2, 0.25) is 0 Å². The van der Waals surface area contributed by atoms with E-state index in [1.807, 2.05) is 0 Å². The Morgan fingerprint density at radius 3 is 2.03 bits per heavy atom. The third-order valence-electron chi connectivity index (χ3n) is 7.41. The van der Waals surface area contributed by atoms with E-state index in [1.165, 1.54) is 27.8 Å². The van der Waals surface area contributed by atoms with Crippen LogP contribution in [-0.4, -0.2) is 6.88 Å². The normalized spacial score (nSPS) is 16.5. The van der Waals surface area contributed by atoms with Crippen molar-refractivity contribution in [1.82, 2.24) is 0 Å². The SMILES string of the molecule is CC(C)(C)c1ccc2c(c1)-c1cc(C(C)(C)C)c[c]([Zr]([CH3])([CH3])(=[SiH2])[C]3=CC=CC3)c1C2. The van der Waals surface area contributed by atoms with E-state index >= 15 is 0 Å². The fourth-order valence-electron chi connectivity index (χ4n) is 5.10. The molecule has 0 atom stereocenters. The van der Waals surface area contributed by atoms with Crippen LogP contribution in [0.5, 0.6) is 0 Å². The maximum absolute atomic E-state index is 3.25. The van der Waals surface area contributed by atoms with Crippen molar-refractivity contribution >= 4 is 10.2 Å². The summed E-state index contributed by atoms with van der Waals surface area (Å²) < 4.78 is 8.77. The molecule has 2 aliphatic carbocycles. The molecule has 0 saturated heterocycles. The molecule has 0 saturated carbocycles. The Morgan fingerprint density at radius 1 is 0.833 bits per heavy atom. The summed E-state index contributed by atoms with van der Waals surface area (Å²) in [6, 6.07) is 12.4. The van der Waals surface area contributed by atoms with Crippen molar-refractivity contribution in [3.63, 3.8) is 0 Å². The Labute approximate surface area is 186 Å². The first-order valence-electron chi connectivity index (χ1n) is 11.4. The molecule has 0 nitrogen and oxygen atoms in total. The number of hydrogen-bond donors (Lipinski definition) is 0. The summed E-state index contributed by atoms with van der Waals surface area (Å²) in [5.74, 6) is 0. The average molecular weight is 494 g/mol.